The van der Waals surface area contributed by atoms with Crippen molar-refractivity contribution in [2.75, 3.05) is 39.9 Å². The summed E-state index contributed by atoms with van der Waals surface area (Å²) in [4.78, 5) is 16.3. The number of piperazine rings is 1. The first-order valence-electron chi connectivity index (χ1n) is 8.25. The normalized spacial score (nSPS) is 15.9. The van der Waals surface area contributed by atoms with Gasteiger partial charge in [-0.2, -0.15) is 5.10 Å². The summed E-state index contributed by atoms with van der Waals surface area (Å²) >= 11 is 0. The quantitative estimate of drug-likeness (QED) is 0.876. The number of carbonyl (C=O) groups excluding carboxylic acids is 1. The molecule has 6 heteroatoms. The number of benzene rings is 1. The Morgan fingerprint density at radius 1 is 1.33 bits per heavy atom. The number of hydrogen-bond acceptors (Lipinski definition) is 4. The second-order valence-corrected chi connectivity index (χ2v) is 6.22. The lowest BCUT2D eigenvalue weighted by molar-refractivity contribution is -0.136. The van der Waals surface area contributed by atoms with Crippen LogP contribution in [0.1, 0.15) is 11.1 Å². The lowest BCUT2D eigenvalue weighted by Gasteiger charge is -2.34. The summed E-state index contributed by atoms with van der Waals surface area (Å²) in [6, 6.07) is 8.35. The molecule has 0 bridgehead atoms. The molecule has 2 heterocycles. The molecule has 0 spiro atoms. The maximum absolute atomic E-state index is 12.2. The Bertz CT molecular complexity index is 698. The summed E-state index contributed by atoms with van der Waals surface area (Å²) in [6.45, 7) is 6.13. The number of aromatic nitrogens is 2. The molecule has 1 aliphatic heterocycles. The van der Waals surface area contributed by atoms with Gasteiger partial charge in [0.1, 0.15) is 0 Å². The number of amides is 1. The largest absolute Gasteiger partial charge is 0.383 e. The molecule has 1 aliphatic rings. The van der Waals surface area contributed by atoms with Gasteiger partial charge in [0.2, 0.25) is 5.91 Å². The molecule has 1 aromatic heterocycles. The topological polar surface area (TPSA) is 61.5 Å². The lowest BCUT2D eigenvalue weighted by Crippen LogP contribution is -2.50. The molecule has 24 heavy (non-hydrogen) atoms. The molecule has 1 fully saturated rings. The summed E-state index contributed by atoms with van der Waals surface area (Å²) in [6.07, 6.45) is 1.86. The minimum absolute atomic E-state index is 0.166. The van der Waals surface area contributed by atoms with Gasteiger partial charge in [0.05, 0.1) is 25.0 Å². The number of methoxy groups -OCH3 is 1. The summed E-state index contributed by atoms with van der Waals surface area (Å²) in [5, 5.41) is 7.30. The number of nitrogens with zero attached hydrogens (tertiary/aromatic N) is 3. The number of rotatable bonds is 6. The predicted molar refractivity (Wildman–Crippen MR) is 92.5 cm³/mol. The van der Waals surface area contributed by atoms with Crippen molar-refractivity contribution in [2.45, 2.75) is 13.5 Å². The Labute approximate surface area is 142 Å². The summed E-state index contributed by atoms with van der Waals surface area (Å²) in [5.41, 5.74) is 4.51. The molecule has 6 nitrogen and oxygen atoms in total. The smallest absolute Gasteiger partial charge is 0.236 e. The maximum atomic E-state index is 12.2. The summed E-state index contributed by atoms with van der Waals surface area (Å²) in [5.74, 6) is 0.166. The van der Waals surface area contributed by atoms with Crippen LogP contribution >= 0.6 is 0 Å². The molecule has 0 saturated carbocycles. The Morgan fingerprint density at radius 2 is 2.21 bits per heavy atom. The number of nitrogens with one attached hydrogen (secondary N) is 1. The van der Waals surface area contributed by atoms with Crippen LogP contribution in [-0.4, -0.2) is 65.8 Å². The van der Waals surface area contributed by atoms with Crippen LogP contribution in [0.2, 0.25) is 0 Å². The Hall–Kier alpha value is -2.18. The van der Waals surface area contributed by atoms with Crippen LogP contribution in [0, 0.1) is 6.92 Å². The zero-order valence-electron chi connectivity index (χ0n) is 14.3. The van der Waals surface area contributed by atoms with Crippen LogP contribution in [0.3, 0.4) is 0 Å². The van der Waals surface area contributed by atoms with Gasteiger partial charge in [0.15, 0.2) is 0 Å². The van der Waals surface area contributed by atoms with Gasteiger partial charge < -0.3 is 9.64 Å². The Kier molecular flexibility index (Phi) is 5.27. The van der Waals surface area contributed by atoms with Crippen molar-refractivity contribution in [1.29, 1.82) is 0 Å². The van der Waals surface area contributed by atoms with E-state index in [4.69, 9.17) is 4.74 Å². The van der Waals surface area contributed by atoms with Gasteiger partial charge in [0, 0.05) is 44.4 Å². The number of aryl methyl sites for hydroxylation is 1. The van der Waals surface area contributed by atoms with Crippen molar-refractivity contribution < 1.29 is 9.53 Å². The van der Waals surface area contributed by atoms with E-state index in [1.807, 2.05) is 17.2 Å². The van der Waals surface area contributed by atoms with Gasteiger partial charge in [-0.1, -0.05) is 23.8 Å². The van der Waals surface area contributed by atoms with Crippen LogP contribution in [0.4, 0.5) is 0 Å². The zero-order chi connectivity index (χ0) is 16.9. The molecule has 3 rings (SSSR count). The van der Waals surface area contributed by atoms with Gasteiger partial charge in [-0.05, 0) is 13.0 Å². The van der Waals surface area contributed by atoms with Crippen LogP contribution in [0.5, 0.6) is 0 Å². The minimum atomic E-state index is 0.166. The van der Waals surface area contributed by atoms with Crippen LogP contribution in [-0.2, 0) is 16.1 Å². The van der Waals surface area contributed by atoms with E-state index in [0.29, 0.717) is 19.7 Å². The summed E-state index contributed by atoms with van der Waals surface area (Å²) in [7, 11) is 1.66. The highest BCUT2D eigenvalue weighted by atomic mass is 16.5. The van der Waals surface area contributed by atoms with E-state index in [1.54, 1.807) is 7.11 Å². The van der Waals surface area contributed by atoms with Crippen LogP contribution < -0.4 is 0 Å². The SMILES string of the molecule is COCCN1CCN(Cc2cn[nH]c2-c2cccc(C)c2)CC1=O. The zero-order valence-corrected chi connectivity index (χ0v) is 14.3. The van der Waals surface area contributed by atoms with E-state index < -0.39 is 0 Å². The molecule has 1 aromatic carbocycles. The van der Waals surface area contributed by atoms with Crippen molar-refractivity contribution in [1.82, 2.24) is 20.0 Å². The summed E-state index contributed by atoms with van der Waals surface area (Å²) < 4.78 is 5.06. The van der Waals surface area contributed by atoms with Crippen molar-refractivity contribution >= 4 is 5.91 Å². The van der Waals surface area contributed by atoms with E-state index in [-0.39, 0.29) is 5.91 Å². The third-order valence-electron chi connectivity index (χ3n) is 4.38. The Morgan fingerprint density at radius 3 is 2.96 bits per heavy atom. The van der Waals surface area contributed by atoms with Crippen molar-refractivity contribution in [3.63, 3.8) is 0 Å². The number of ether oxygens (including phenoxy) is 1. The number of aromatic amines is 1. The Balaban J connectivity index is 1.66. The number of H-pyrrole nitrogens is 1. The second-order valence-electron chi connectivity index (χ2n) is 6.22. The van der Waals surface area contributed by atoms with Gasteiger partial charge in [-0.15, -0.1) is 0 Å². The highest BCUT2D eigenvalue weighted by molar-refractivity contribution is 5.79. The highest BCUT2D eigenvalue weighted by Gasteiger charge is 2.24. The van der Waals surface area contributed by atoms with E-state index in [2.05, 4.69) is 40.2 Å². The molecule has 1 saturated heterocycles. The predicted octanol–water partition coefficient (Wildman–Crippen LogP) is 1.68. The molecular formula is C18H24N4O2. The van der Waals surface area contributed by atoms with Crippen LogP contribution in [0.25, 0.3) is 11.3 Å². The van der Waals surface area contributed by atoms with Gasteiger partial charge in [0.25, 0.3) is 0 Å². The third kappa shape index (κ3) is 3.83. The van der Waals surface area contributed by atoms with Gasteiger partial charge in [-0.25, -0.2) is 0 Å². The van der Waals surface area contributed by atoms with E-state index in [9.17, 15) is 4.79 Å². The van der Waals surface area contributed by atoms with E-state index in [1.165, 1.54) is 5.56 Å². The van der Waals surface area contributed by atoms with E-state index >= 15 is 0 Å². The molecule has 0 unspecified atom stereocenters. The highest BCUT2D eigenvalue weighted by Crippen LogP contribution is 2.23. The van der Waals surface area contributed by atoms with Gasteiger partial charge >= 0.3 is 0 Å². The molecule has 1 amide bonds. The first kappa shape index (κ1) is 16.7. The first-order chi connectivity index (χ1) is 11.7. The van der Waals surface area contributed by atoms with Crippen molar-refractivity contribution in [3.05, 3.63) is 41.6 Å². The monoisotopic (exact) mass is 328 g/mol. The standard InChI is InChI=1S/C18H24N4O2/c1-14-4-3-5-15(10-14)18-16(11-19-20-18)12-21-6-7-22(8-9-24-2)17(23)13-21/h3-5,10-11H,6-9,12-13H2,1-2H3,(H,19,20). The molecule has 0 aliphatic carbocycles. The molecule has 0 radical (unpaired) electrons. The number of carbonyl (C=O) groups is 1. The minimum Gasteiger partial charge on any atom is -0.383 e. The van der Waals surface area contributed by atoms with Crippen LogP contribution in [0.15, 0.2) is 30.5 Å². The molecule has 1 N–H and O–H groups in total. The second kappa shape index (κ2) is 7.59. The van der Waals surface area contributed by atoms with Crippen molar-refractivity contribution in [3.8, 4) is 11.3 Å². The molecule has 0 atom stereocenters. The maximum Gasteiger partial charge on any atom is 0.236 e. The molecule has 2 aromatic rings. The molecular weight excluding hydrogens is 304 g/mol. The first-order valence-corrected chi connectivity index (χ1v) is 8.25. The fourth-order valence-corrected chi connectivity index (χ4v) is 3.05. The number of hydrogen-bond donors (Lipinski definition) is 1. The average Bonchev–Trinajstić information content (AvgIpc) is 3.02. The van der Waals surface area contributed by atoms with Crippen molar-refractivity contribution in [2.24, 2.45) is 0 Å². The third-order valence-corrected chi connectivity index (χ3v) is 4.38. The van der Waals surface area contributed by atoms with E-state index in [0.717, 1.165) is 36.5 Å². The average molecular weight is 328 g/mol. The fraction of sp³-hybridized carbons (Fsp3) is 0.444. The lowest BCUT2D eigenvalue weighted by atomic mass is 10.1. The van der Waals surface area contributed by atoms with Gasteiger partial charge in [-0.3, -0.25) is 14.8 Å². The molecule has 128 valence electrons. The fourth-order valence-electron chi connectivity index (χ4n) is 3.05.